The maximum Gasteiger partial charge on any atom is 0.174 e. The van der Waals surface area contributed by atoms with E-state index in [2.05, 4.69) is 20.8 Å². The molecule has 3 saturated carbocycles. The van der Waals surface area contributed by atoms with Gasteiger partial charge >= 0.3 is 0 Å². The van der Waals surface area contributed by atoms with Crippen LogP contribution in [0.2, 0.25) is 0 Å². The van der Waals surface area contributed by atoms with Gasteiger partial charge in [-0.05, 0) is 86.0 Å². The summed E-state index contributed by atoms with van der Waals surface area (Å²) in [5, 5.41) is 11.5. The molecule has 0 saturated heterocycles. The van der Waals surface area contributed by atoms with Crippen molar-refractivity contribution in [3.8, 4) is 0 Å². The van der Waals surface area contributed by atoms with E-state index in [1.165, 1.54) is 12.0 Å². The summed E-state index contributed by atoms with van der Waals surface area (Å²) in [7, 11) is 0. The van der Waals surface area contributed by atoms with Crippen LogP contribution in [0.15, 0.2) is 10.6 Å². The Kier molecular flexibility index (Phi) is 3.40. The smallest absolute Gasteiger partial charge is 0.174 e. The van der Waals surface area contributed by atoms with E-state index in [1.807, 2.05) is 0 Å². The third-order valence-corrected chi connectivity index (χ3v) is 9.05. The lowest BCUT2D eigenvalue weighted by Gasteiger charge is -2.59. The van der Waals surface area contributed by atoms with E-state index >= 15 is 0 Å². The summed E-state index contributed by atoms with van der Waals surface area (Å²) in [6, 6.07) is 0. The molecule has 4 aliphatic rings. The number of fused-ring (bicyclic) bond motifs is 5. The second-order valence-corrected chi connectivity index (χ2v) is 9.70. The zero-order valence-electron chi connectivity index (χ0n) is 14.6. The van der Waals surface area contributed by atoms with Crippen LogP contribution in [0.25, 0.3) is 0 Å². The summed E-state index contributed by atoms with van der Waals surface area (Å²) < 4.78 is 0. The first-order valence-corrected chi connectivity index (χ1v) is 9.73. The highest BCUT2D eigenvalue weighted by Crippen LogP contribution is 2.67. The van der Waals surface area contributed by atoms with Gasteiger partial charge in [0, 0.05) is 6.42 Å². The van der Waals surface area contributed by atoms with Crippen LogP contribution in [0.4, 0.5) is 0 Å². The molecule has 6 atom stereocenters. The normalized spacial score (nSPS) is 52.9. The standard InChI is InChI=1S/C20H29ClO2/c1-18-9-8-16(22)17(21)15(18)5-4-12-13(18)6-10-19(2)14(12)7-11-20(19,3)23/h12-14,23H,4-11H2,1-3H3/t12-,13+,14-,18-,19-,20+/m1/s1. The second kappa shape index (κ2) is 4.85. The van der Waals surface area contributed by atoms with Crippen LogP contribution in [0.1, 0.15) is 72.1 Å². The molecule has 0 spiro atoms. The molecule has 0 unspecified atom stereocenters. The number of hydrogen-bond donors (Lipinski definition) is 1. The Morgan fingerprint density at radius 1 is 1.00 bits per heavy atom. The van der Waals surface area contributed by atoms with Gasteiger partial charge in [-0.25, -0.2) is 0 Å². The van der Waals surface area contributed by atoms with E-state index < -0.39 is 5.60 Å². The molecule has 0 heterocycles. The number of carbonyl (C=O) groups is 1. The van der Waals surface area contributed by atoms with Crippen LogP contribution in [0.3, 0.4) is 0 Å². The minimum Gasteiger partial charge on any atom is -0.390 e. The summed E-state index contributed by atoms with van der Waals surface area (Å²) in [6.45, 7) is 6.75. The Bertz CT molecular complexity index is 592. The monoisotopic (exact) mass is 336 g/mol. The van der Waals surface area contributed by atoms with Crippen molar-refractivity contribution >= 4 is 17.4 Å². The van der Waals surface area contributed by atoms with Crippen molar-refractivity contribution in [1.82, 2.24) is 0 Å². The summed E-state index contributed by atoms with van der Waals surface area (Å²) >= 11 is 6.44. The molecule has 3 heteroatoms. The zero-order valence-corrected chi connectivity index (χ0v) is 15.4. The van der Waals surface area contributed by atoms with E-state index in [9.17, 15) is 9.90 Å². The molecular weight excluding hydrogens is 308 g/mol. The summed E-state index contributed by atoms with van der Waals surface area (Å²) in [6.07, 6.45) is 8.10. The van der Waals surface area contributed by atoms with E-state index in [1.54, 1.807) is 0 Å². The van der Waals surface area contributed by atoms with Gasteiger partial charge in [-0.1, -0.05) is 25.4 Å². The van der Waals surface area contributed by atoms with Gasteiger partial charge in [-0.3, -0.25) is 4.79 Å². The summed E-state index contributed by atoms with van der Waals surface area (Å²) in [5.41, 5.74) is 0.925. The summed E-state index contributed by atoms with van der Waals surface area (Å²) in [5.74, 6) is 2.11. The average molecular weight is 337 g/mol. The molecule has 0 aromatic carbocycles. The third kappa shape index (κ3) is 1.94. The number of aliphatic hydroxyl groups is 1. The quantitative estimate of drug-likeness (QED) is 0.687. The minimum atomic E-state index is -0.514. The second-order valence-electron chi connectivity index (χ2n) is 9.32. The van der Waals surface area contributed by atoms with Gasteiger partial charge in [-0.2, -0.15) is 0 Å². The maximum atomic E-state index is 12.0. The van der Waals surface area contributed by atoms with Crippen LogP contribution >= 0.6 is 11.6 Å². The molecule has 0 aromatic heterocycles. The number of ketones is 1. The Hall–Kier alpha value is -0.340. The molecular formula is C20H29ClO2. The van der Waals surface area contributed by atoms with E-state index in [0.29, 0.717) is 29.2 Å². The number of rotatable bonds is 0. The highest BCUT2D eigenvalue weighted by Gasteiger charge is 2.62. The lowest BCUT2D eigenvalue weighted by molar-refractivity contribution is -0.124. The molecule has 0 aromatic rings. The van der Waals surface area contributed by atoms with E-state index in [0.717, 1.165) is 38.5 Å². The van der Waals surface area contributed by atoms with Gasteiger partial charge in [0.15, 0.2) is 5.78 Å². The first-order valence-electron chi connectivity index (χ1n) is 9.35. The Labute approximate surface area is 144 Å². The fourth-order valence-corrected chi connectivity index (χ4v) is 7.30. The van der Waals surface area contributed by atoms with Gasteiger partial charge in [0.1, 0.15) is 0 Å². The van der Waals surface area contributed by atoms with E-state index in [4.69, 9.17) is 11.6 Å². The zero-order chi connectivity index (χ0) is 16.6. The lowest BCUT2D eigenvalue weighted by atomic mass is 9.46. The van der Waals surface area contributed by atoms with E-state index in [-0.39, 0.29) is 16.6 Å². The van der Waals surface area contributed by atoms with Crippen molar-refractivity contribution in [2.45, 2.75) is 77.7 Å². The van der Waals surface area contributed by atoms with Crippen molar-refractivity contribution < 1.29 is 9.90 Å². The van der Waals surface area contributed by atoms with Crippen LogP contribution in [-0.4, -0.2) is 16.5 Å². The molecule has 0 radical (unpaired) electrons. The molecule has 0 aliphatic heterocycles. The van der Waals surface area contributed by atoms with Crippen molar-refractivity contribution in [2.24, 2.45) is 28.6 Å². The molecule has 1 N–H and O–H groups in total. The highest BCUT2D eigenvalue weighted by atomic mass is 35.5. The maximum absolute atomic E-state index is 12.0. The SMILES string of the molecule is C[C@]12CCC(=O)C(Cl)=C1CC[C@H]1[C@H]3CC[C@](C)(O)[C@]3(C)CC[C@@H]12. The van der Waals surface area contributed by atoms with Gasteiger partial charge in [0.05, 0.1) is 10.6 Å². The molecule has 3 fully saturated rings. The first-order chi connectivity index (χ1) is 10.7. The summed E-state index contributed by atoms with van der Waals surface area (Å²) in [4.78, 5) is 12.0. The molecule has 4 aliphatic carbocycles. The van der Waals surface area contributed by atoms with Crippen LogP contribution < -0.4 is 0 Å². The van der Waals surface area contributed by atoms with Crippen LogP contribution in [-0.2, 0) is 4.79 Å². The predicted molar refractivity (Wildman–Crippen MR) is 92.1 cm³/mol. The van der Waals surface area contributed by atoms with Gasteiger partial charge < -0.3 is 5.11 Å². The van der Waals surface area contributed by atoms with Crippen molar-refractivity contribution in [2.75, 3.05) is 0 Å². The number of hydrogen-bond acceptors (Lipinski definition) is 2. The highest BCUT2D eigenvalue weighted by molar-refractivity contribution is 6.43. The van der Waals surface area contributed by atoms with Crippen molar-refractivity contribution in [1.29, 1.82) is 0 Å². The minimum absolute atomic E-state index is 0.0695. The molecule has 0 bridgehead atoms. The molecule has 4 rings (SSSR count). The molecule has 0 amide bonds. The largest absolute Gasteiger partial charge is 0.390 e. The van der Waals surface area contributed by atoms with Gasteiger partial charge in [0.2, 0.25) is 0 Å². The van der Waals surface area contributed by atoms with Gasteiger partial charge in [0.25, 0.3) is 0 Å². The van der Waals surface area contributed by atoms with Crippen molar-refractivity contribution in [3.05, 3.63) is 10.6 Å². The van der Waals surface area contributed by atoms with Crippen LogP contribution in [0, 0.1) is 28.6 Å². The molecule has 23 heavy (non-hydrogen) atoms. The molecule has 128 valence electrons. The number of allylic oxidation sites excluding steroid dienone is 1. The Balaban J connectivity index is 1.72. The average Bonchev–Trinajstić information content (AvgIpc) is 2.74. The Morgan fingerprint density at radius 3 is 2.43 bits per heavy atom. The lowest BCUT2D eigenvalue weighted by Crippen LogP contribution is -2.54. The predicted octanol–water partition coefficient (Wildman–Crippen LogP) is 4.84. The number of halogens is 1. The fourth-order valence-electron chi connectivity index (χ4n) is 6.89. The van der Waals surface area contributed by atoms with Gasteiger partial charge in [-0.15, -0.1) is 0 Å². The fraction of sp³-hybridized carbons (Fsp3) is 0.850. The third-order valence-electron chi connectivity index (χ3n) is 8.62. The number of carbonyl (C=O) groups excluding carboxylic acids is 1. The molecule has 2 nitrogen and oxygen atoms in total. The van der Waals surface area contributed by atoms with Crippen LogP contribution in [0.5, 0.6) is 0 Å². The van der Waals surface area contributed by atoms with Crippen molar-refractivity contribution in [3.63, 3.8) is 0 Å². The Morgan fingerprint density at radius 2 is 1.70 bits per heavy atom. The number of Topliss-reactive ketones (excluding diaryl/α,β-unsaturated/α-hetero) is 1. The topological polar surface area (TPSA) is 37.3 Å². The first kappa shape index (κ1) is 16.1.